The summed E-state index contributed by atoms with van der Waals surface area (Å²) < 4.78 is 24.3. The van der Waals surface area contributed by atoms with Crippen LogP contribution in [-0.2, 0) is 10.0 Å². The Balaban J connectivity index is 2.25. The number of rotatable bonds is 7. The van der Waals surface area contributed by atoms with Gasteiger partial charge in [-0.3, -0.25) is 4.90 Å². The zero-order chi connectivity index (χ0) is 13.6. The molecule has 0 amide bonds. The summed E-state index contributed by atoms with van der Waals surface area (Å²) in [5, 5.41) is 3.32. The maximum absolute atomic E-state index is 11.4. The van der Waals surface area contributed by atoms with E-state index < -0.39 is 10.0 Å². The predicted octanol–water partition coefficient (Wildman–Crippen LogP) is 0.119. The second-order valence-corrected chi connectivity index (χ2v) is 6.85. The molecule has 1 rings (SSSR count). The monoisotopic (exact) mass is 275 g/mol. The summed E-state index contributed by atoms with van der Waals surface area (Å²) in [6.45, 7) is 11.7. The van der Waals surface area contributed by atoms with Gasteiger partial charge >= 0.3 is 0 Å². The third-order valence-electron chi connectivity index (χ3n) is 3.05. The van der Waals surface area contributed by atoms with Crippen molar-refractivity contribution in [3.8, 4) is 0 Å². The standard InChI is InChI=1S/C12H25N3O2S/c1-4-5-13-10-12(2)11-14-6-8-15(9-7-14)18(3,16)17/h13H,2,4-11H2,1,3H3. The third kappa shape index (κ3) is 5.48. The van der Waals surface area contributed by atoms with Gasteiger partial charge in [0.1, 0.15) is 0 Å². The molecular weight excluding hydrogens is 250 g/mol. The Kier molecular flexibility index (Phi) is 6.28. The van der Waals surface area contributed by atoms with Gasteiger partial charge in [-0.15, -0.1) is 0 Å². The molecule has 0 unspecified atom stereocenters. The minimum absolute atomic E-state index is 0.592. The number of piperazine rings is 1. The molecule has 1 heterocycles. The van der Waals surface area contributed by atoms with E-state index in [0.717, 1.165) is 44.7 Å². The highest BCUT2D eigenvalue weighted by molar-refractivity contribution is 7.88. The topological polar surface area (TPSA) is 52.6 Å². The van der Waals surface area contributed by atoms with Crippen LogP contribution in [0.3, 0.4) is 0 Å². The highest BCUT2D eigenvalue weighted by Crippen LogP contribution is 2.07. The molecule has 106 valence electrons. The Morgan fingerprint density at radius 2 is 1.89 bits per heavy atom. The molecule has 0 atom stereocenters. The van der Waals surface area contributed by atoms with E-state index in [2.05, 4.69) is 23.7 Å². The average molecular weight is 275 g/mol. The Morgan fingerprint density at radius 3 is 2.39 bits per heavy atom. The van der Waals surface area contributed by atoms with Crippen molar-refractivity contribution in [1.29, 1.82) is 0 Å². The van der Waals surface area contributed by atoms with Gasteiger partial charge in [-0.05, 0) is 18.5 Å². The number of hydrogen-bond donors (Lipinski definition) is 1. The van der Waals surface area contributed by atoms with Crippen molar-refractivity contribution < 1.29 is 8.42 Å². The van der Waals surface area contributed by atoms with Crippen molar-refractivity contribution >= 4 is 10.0 Å². The SMILES string of the molecule is C=C(CNCCC)CN1CCN(S(C)(=O)=O)CC1. The lowest BCUT2D eigenvalue weighted by Gasteiger charge is -2.33. The number of hydrogen-bond acceptors (Lipinski definition) is 4. The molecule has 0 bridgehead atoms. The largest absolute Gasteiger partial charge is 0.313 e. The van der Waals surface area contributed by atoms with Crippen LogP contribution in [0.2, 0.25) is 0 Å². The van der Waals surface area contributed by atoms with Crippen LogP contribution in [0, 0.1) is 0 Å². The molecule has 18 heavy (non-hydrogen) atoms. The lowest BCUT2D eigenvalue weighted by Crippen LogP contribution is -2.48. The van der Waals surface area contributed by atoms with Crippen molar-refractivity contribution in [3.05, 3.63) is 12.2 Å². The Morgan fingerprint density at radius 1 is 1.28 bits per heavy atom. The van der Waals surface area contributed by atoms with Crippen LogP contribution in [-0.4, -0.2) is 69.7 Å². The second-order valence-electron chi connectivity index (χ2n) is 4.86. The molecule has 5 nitrogen and oxygen atoms in total. The molecular formula is C12H25N3O2S. The Bertz CT molecular complexity index is 360. The molecule has 1 N–H and O–H groups in total. The fourth-order valence-electron chi connectivity index (χ4n) is 2.03. The first-order valence-corrected chi connectivity index (χ1v) is 8.33. The zero-order valence-corrected chi connectivity index (χ0v) is 12.3. The van der Waals surface area contributed by atoms with Gasteiger partial charge in [0.15, 0.2) is 0 Å². The summed E-state index contributed by atoms with van der Waals surface area (Å²) in [5.74, 6) is 0. The van der Waals surface area contributed by atoms with Crippen LogP contribution in [0.25, 0.3) is 0 Å². The van der Waals surface area contributed by atoms with Crippen LogP contribution >= 0.6 is 0 Å². The minimum atomic E-state index is -3.02. The molecule has 0 saturated carbocycles. The van der Waals surface area contributed by atoms with Gasteiger partial charge in [-0.25, -0.2) is 8.42 Å². The normalized spacial score (nSPS) is 19.0. The fraction of sp³-hybridized carbons (Fsp3) is 0.833. The summed E-state index contributed by atoms with van der Waals surface area (Å²) >= 11 is 0. The predicted molar refractivity (Wildman–Crippen MR) is 75.2 cm³/mol. The first-order valence-electron chi connectivity index (χ1n) is 6.48. The lowest BCUT2D eigenvalue weighted by atomic mass is 10.2. The number of sulfonamides is 1. The number of nitrogens with one attached hydrogen (secondary N) is 1. The summed E-state index contributed by atoms with van der Waals surface area (Å²) in [6.07, 6.45) is 2.40. The second kappa shape index (κ2) is 7.23. The van der Waals surface area contributed by atoms with E-state index in [9.17, 15) is 8.42 Å². The van der Waals surface area contributed by atoms with Crippen molar-refractivity contribution in [1.82, 2.24) is 14.5 Å². The van der Waals surface area contributed by atoms with E-state index >= 15 is 0 Å². The van der Waals surface area contributed by atoms with Crippen LogP contribution in [0.4, 0.5) is 0 Å². The summed E-state index contributed by atoms with van der Waals surface area (Å²) in [7, 11) is -3.02. The Labute approximate surface area is 111 Å². The van der Waals surface area contributed by atoms with Crippen LogP contribution in [0.15, 0.2) is 12.2 Å². The molecule has 1 saturated heterocycles. The van der Waals surface area contributed by atoms with Gasteiger partial charge in [-0.2, -0.15) is 4.31 Å². The van der Waals surface area contributed by atoms with E-state index in [-0.39, 0.29) is 0 Å². The van der Waals surface area contributed by atoms with E-state index in [1.165, 1.54) is 6.26 Å². The highest BCUT2D eigenvalue weighted by atomic mass is 32.2. The molecule has 0 aromatic heterocycles. The quantitative estimate of drug-likeness (QED) is 0.530. The van der Waals surface area contributed by atoms with Gasteiger partial charge < -0.3 is 5.32 Å². The molecule has 0 aromatic carbocycles. The van der Waals surface area contributed by atoms with Crippen LogP contribution in [0.5, 0.6) is 0 Å². The molecule has 0 spiro atoms. The van der Waals surface area contributed by atoms with Crippen molar-refractivity contribution in [2.45, 2.75) is 13.3 Å². The van der Waals surface area contributed by atoms with Gasteiger partial charge in [0, 0.05) is 39.3 Å². The molecule has 0 aliphatic carbocycles. The van der Waals surface area contributed by atoms with Crippen molar-refractivity contribution in [2.24, 2.45) is 0 Å². The first kappa shape index (κ1) is 15.6. The molecule has 0 aromatic rings. The fourth-order valence-corrected chi connectivity index (χ4v) is 2.86. The molecule has 1 fully saturated rings. The lowest BCUT2D eigenvalue weighted by molar-refractivity contribution is 0.201. The molecule has 1 aliphatic rings. The average Bonchev–Trinajstić information content (AvgIpc) is 2.29. The van der Waals surface area contributed by atoms with E-state index in [1.54, 1.807) is 4.31 Å². The molecule has 6 heteroatoms. The molecule has 0 radical (unpaired) electrons. The van der Waals surface area contributed by atoms with Crippen molar-refractivity contribution in [2.75, 3.05) is 52.1 Å². The summed E-state index contributed by atoms with van der Waals surface area (Å²) in [6, 6.07) is 0. The first-order chi connectivity index (χ1) is 8.43. The summed E-state index contributed by atoms with van der Waals surface area (Å²) in [5.41, 5.74) is 1.16. The molecule has 1 aliphatic heterocycles. The summed E-state index contributed by atoms with van der Waals surface area (Å²) in [4.78, 5) is 2.26. The Hall–Kier alpha value is -0.430. The zero-order valence-electron chi connectivity index (χ0n) is 11.5. The third-order valence-corrected chi connectivity index (χ3v) is 4.35. The maximum Gasteiger partial charge on any atom is 0.211 e. The van der Waals surface area contributed by atoms with Crippen molar-refractivity contribution in [3.63, 3.8) is 0 Å². The smallest absolute Gasteiger partial charge is 0.211 e. The van der Waals surface area contributed by atoms with E-state index in [1.807, 2.05) is 0 Å². The van der Waals surface area contributed by atoms with E-state index in [0.29, 0.717) is 13.1 Å². The van der Waals surface area contributed by atoms with Crippen LogP contribution < -0.4 is 5.32 Å². The maximum atomic E-state index is 11.4. The highest BCUT2D eigenvalue weighted by Gasteiger charge is 2.23. The van der Waals surface area contributed by atoms with E-state index in [4.69, 9.17) is 0 Å². The van der Waals surface area contributed by atoms with Gasteiger partial charge in [0.25, 0.3) is 0 Å². The minimum Gasteiger partial charge on any atom is -0.313 e. The van der Waals surface area contributed by atoms with Crippen LogP contribution in [0.1, 0.15) is 13.3 Å². The van der Waals surface area contributed by atoms with Gasteiger partial charge in [0.05, 0.1) is 6.26 Å². The van der Waals surface area contributed by atoms with Gasteiger partial charge in [-0.1, -0.05) is 13.5 Å². The number of nitrogens with zero attached hydrogens (tertiary/aromatic N) is 2. The van der Waals surface area contributed by atoms with Gasteiger partial charge in [0.2, 0.25) is 10.0 Å².